The molecule has 0 saturated carbocycles. The molecule has 4 heteroatoms. The highest BCUT2D eigenvalue weighted by Gasteiger charge is 2.16. The van der Waals surface area contributed by atoms with Gasteiger partial charge in [-0.3, -0.25) is 4.90 Å². The Hall–Kier alpha value is -2.82. The molecule has 0 saturated heterocycles. The van der Waals surface area contributed by atoms with Crippen LogP contribution in [0.5, 0.6) is 5.75 Å². The number of benzene rings is 2. The lowest BCUT2D eigenvalue weighted by molar-refractivity contribution is 0.110. The van der Waals surface area contributed by atoms with Crippen molar-refractivity contribution in [3.8, 4) is 17.0 Å². The minimum absolute atomic E-state index is 0.507. The lowest BCUT2D eigenvalue weighted by Crippen LogP contribution is -2.35. The van der Waals surface area contributed by atoms with Crippen LogP contribution in [0.3, 0.4) is 0 Å². The van der Waals surface area contributed by atoms with Gasteiger partial charge in [-0.15, -0.1) is 13.2 Å². The number of methoxy groups -OCH3 is 1. The molecule has 0 aliphatic heterocycles. The van der Waals surface area contributed by atoms with Crippen LogP contribution < -0.4 is 4.74 Å². The number of nitrogens with zero attached hydrogens (tertiary/aromatic N) is 2. The summed E-state index contributed by atoms with van der Waals surface area (Å²) in [4.78, 5) is 2.13. The fourth-order valence-electron chi connectivity index (χ4n) is 3.56. The van der Waals surface area contributed by atoms with E-state index in [0.717, 1.165) is 41.0 Å². The standard InChI is InChI=1S/C24H28N2O2/c1-4-14-25(15-5-2)17-21(27)18-26-23-9-7-6-8-20(23)16-24(26)19-10-12-22(28-3)13-11-19/h4-13,16,21,27H,1-2,14-15,17-18H2,3H3. The van der Waals surface area contributed by atoms with Gasteiger partial charge in [-0.1, -0.05) is 30.4 Å². The molecule has 1 aromatic heterocycles. The summed E-state index contributed by atoms with van der Waals surface area (Å²) in [5, 5.41) is 12.0. The molecule has 0 radical (unpaired) electrons. The number of aliphatic hydroxyl groups is 1. The second kappa shape index (κ2) is 9.40. The molecule has 1 N–H and O–H groups in total. The molecule has 0 spiro atoms. The highest BCUT2D eigenvalue weighted by atomic mass is 16.5. The van der Waals surface area contributed by atoms with E-state index in [9.17, 15) is 5.11 Å². The zero-order valence-electron chi connectivity index (χ0n) is 16.4. The van der Waals surface area contributed by atoms with Crippen LogP contribution >= 0.6 is 0 Å². The number of aromatic nitrogens is 1. The molecule has 4 nitrogen and oxygen atoms in total. The molecule has 1 atom stereocenters. The van der Waals surface area contributed by atoms with E-state index < -0.39 is 6.10 Å². The average Bonchev–Trinajstić information content (AvgIpc) is 3.07. The number of ether oxygens (including phenoxy) is 1. The van der Waals surface area contributed by atoms with Gasteiger partial charge in [0.1, 0.15) is 5.75 Å². The Kier molecular flexibility index (Phi) is 6.69. The van der Waals surface area contributed by atoms with Crippen LogP contribution in [-0.4, -0.2) is 47.4 Å². The molecule has 0 bridgehead atoms. The van der Waals surface area contributed by atoms with Gasteiger partial charge in [0.2, 0.25) is 0 Å². The van der Waals surface area contributed by atoms with E-state index in [1.807, 2.05) is 36.4 Å². The van der Waals surface area contributed by atoms with E-state index in [1.165, 1.54) is 0 Å². The molecule has 3 aromatic rings. The van der Waals surface area contributed by atoms with Crippen molar-refractivity contribution in [2.75, 3.05) is 26.7 Å². The summed E-state index contributed by atoms with van der Waals surface area (Å²) in [6, 6.07) is 18.5. The second-order valence-corrected chi connectivity index (χ2v) is 6.88. The van der Waals surface area contributed by atoms with Gasteiger partial charge in [-0.05, 0) is 42.0 Å². The Bertz CT molecular complexity index is 917. The third-order valence-corrected chi connectivity index (χ3v) is 4.83. The maximum Gasteiger partial charge on any atom is 0.118 e. The van der Waals surface area contributed by atoms with Crippen LogP contribution in [0, 0.1) is 0 Å². The Morgan fingerprint density at radius 1 is 1.07 bits per heavy atom. The fraction of sp³-hybridized carbons (Fsp3) is 0.250. The fourth-order valence-corrected chi connectivity index (χ4v) is 3.56. The van der Waals surface area contributed by atoms with Gasteiger partial charge in [0.15, 0.2) is 0 Å². The Balaban J connectivity index is 1.92. The SMILES string of the molecule is C=CCN(CC=C)CC(O)Cn1c(-c2ccc(OC)cc2)cc2ccccc21. The van der Waals surface area contributed by atoms with Crippen molar-refractivity contribution in [1.82, 2.24) is 9.47 Å². The molecule has 28 heavy (non-hydrogen) atoms. The first-order valence-corrected chi connectivity index (χ1v) is 9.51. The number of hydrogen-bond donors (Lipinski definition) is 1. The number of rotatable bonds is 10. The van der Waals surface area contributed by atoms with E-state index in [2.05, 4.69) is 53.0 Å². The van der Waals surface area contributed by atoms with Gasteiger partial charge >= 0.3 is 0 Å². The minimum atomic E-state index is -0.507. The highest BCUT2D eigenvalue weighted by Crippen LogP contribution is 2.29. The first kappa shape index (κ1) is 19.9. The van der Waals surface area contributed by atoms with Crippen molar-refractivity contribution >= 4 is 10.9 Å². The molecule has 1 unspecified atom stereocenters. The van der Waals surface area contributed by atoms with E-state index in [0.29, 0.717) is 13.1 Å². The maximum absolute atomic E-state index is 10.8. The highest BCUT2D eigenvalue weighted by molar-refractivity contribution is 5.87. The van der Waals surface area contributed by atoms with Crippen molar-refractivity contribution in [2.45, 2.75) is 12.6 Å². The lowest BCUT2D eigenvalue weighted by Gasteiger charge is -2.23. The van der Waals surface area contributed by atoms with E-state index in [4.69, 9.17) is 4.74 Å². The summed E-state index contributed by atoms with van der Waals surface area (Å²) in [7, 11) is 1.67. The third-order valence-electron chi connectivity index (χ3n) is 4.83. The van der Waals surface area contributed by atoms with E-state index >= 15 is 0 Å². The molecular formula is C24H28N2O2. The van der Waals surface area contributed by atoms with Crippen molar-refractivity contribution < 1.29 is 9.84 Å². The van der Waals surface area contributed by atoms with Crippen molar-refractivity contribution in [1.29, 1.82) is 0 Å². The molecule has 0 aliphatic rings. The third kappa shape index (κ3) is 4.53. The largest absolute Gasteiger partial charge is 0.497 e. The zero-order chi connectivity index (χ0) is 19.9. The Morgan fingerprint density at radius 3 is 2.39 bits per heavy atom. The van der Waals surface area contributed by atoms with Crippen LogP contribution in [-0.2, 0) is 6.54 Å². The summed E-state index contributed by atoms with van der Waals surface area (Å²) < 4.78 is 7.48. The maximum atomic E-state index is 10.8. The normalized spacial score (nSPS) is 12.2. The predicted octanol–water partition coefficient (Wildman–Crippen LogP) is 4.35. The number of hydrogen-bond acceptors (Lipinski definition) is 3. The smallest absolute Gasteiger partial charge is 0.118 e. The molecule has 3 rings (SSSR count). The molecule has 1 heterocycles. The number of fused-ring (bicyclic) bond motifs is 1. The van der Waals surface area contributed by atoms with Crippen molar-refractivity contribution in [3.05, 3.63) is 79.9 Å². The summed E-state index contributed by atoms with van der Waals surface area (Å²) in [6.07, 6.45) is 3.20. The quantitative estimate of drug-likeness (QED) is 0.535. The minimum Gasteiger partial charge on any atom is -0.497 e. The number of para-hydroxylation sites is 1. The van der Waals surface area contributed by atoms with Gasteiger partial charge in [-0.25, -0.2) is 0 Å². The average molecular weight is 377 g/mol. The summed E-state index contributed by atoms with van der Waals surface area (Å²) in [5.74, 6) is 0.830. The van der Waals surface area contributed by atoms with Crippen LogP contribution in [0.4, 0.5) is 0 Å². The van der Waals surface area contributed by atoms with Gasteiger partial charge < -0.3 is 14.4 Å². The molecule has 146 valence electrons. The molecule has 2 aromatic carbocycles. The van der Waals surface area contributed by atoms with Crippen molar-refractivity contribution in [2.24, 2.45) is 0 Å². The first-order valence-electron chi connectivity index (χ1n) is 9.51. The summed E-state index contributed by atoms with van der Waals surface area (Å²) >= 11 is 0. The van der Waals surface area contributed by atoms with Crippen LogP contribution in [0.2, 0.25) is 0 Å². The first-order chi connectivity index (χ1) is 13.7. The number of aliphatic hydroxyl groups excluding tert-OH is 1. The monoisotopic (exact) mass is 376 g/mol. The topological polar surface area (TPSA) is 37.6 Å². The summed E-state index contributed by atoms with van der Waals surface area (Å²) in [5.41, 5.74) is 3.30. The van der Waals surface area contributed by atoms with E-state index in [-0.39, 0.29) is 0 Å². The van der Waals surface area contributed by atoms with Gasteiger partial charge in [0.25, 0.3) is 0 Å². The zero-order valence-corrected chi connectivity index (χ0v) is 16.4. The van der Waals surface area contributed by atoms with Crippen LogP contribution in [0.15, 0.2) is 79.9 Å². The van der Waals surface area contributed by atoms with Crippen molar-refractivity contribution in [3.63, 3.8) is 0 Å². The van der Waals surface area contributed by atoms with Gasteiger partial charge in [0.05, 0.1) is 19.8 Å². The molecule has 0 aliphatic carbocycles. The van der Waals surface area contributed by atoms with Crippen LogP contribution in [0.25, 0.3) is 22.2 Å². The Labute approximate surface area is 167 Å². The van der Waals surface area contributed by atoms with Crippen LogP contribution in [0.1, 0.15) is 0 Å². The van der Waals surface area contributed by atoms with Gasteiger partial charge in [0, 0.05) is 36.2 Å². The lowest BCUT2D eigenvalue weighted by atomic mass is 10.1. The summed E-state index contributed by atoms with van der Waals surface area (Å²) in [6.45, 7) is 10.1. The molecule has 0 amide bonds. The predicted molar refractivity (Wildman–Crippen MR) is 117 cm³/mol. The molecule has 0 fully saturated rings. The Morgan fingerprint density at radius 2 is 1.75 bits per heavy atom. The molecular weight excluding hydrogens is 348 g/mol. The van der Waals surface area contributed by atoms with E-state index in [1.54, 1.807) is 7.11 Å². The van der Waals surface area contributed by atoms with Gasteiger partial charge in [-0.2, -0.15) is 0 Å². The second-order valence-electron chi connectivity index (χ2n) is 6.88.